The van der Waals surface area contributed by atoms with E-state index in [1.165, 1.54) is 12.7 Å². The van der Waals surface area contributed by atoms with Gasteiger partial charge in [-0.25, -0.2) is 9.59 Å². The predicted molar refractivity (Wildman–Crippen MR) is 131 cm³/mol. The van der Waals surface area contributed by atoms with E-state index in [1.54, 1.807) is 7.11 Å². The molecule has 2 heterocycles. The topological polar surface area (TPSA) is 83.1 Å². The number of esters is 1. The first-order valence-corrected chi connectivity index (χ1v) is 11.6. The minimum absolute atomic E-state index is 0.317. The summed E-state index contributed by atoms with van der Waals surface area (Å²) >= 11 is 0. The van der Waals surface area contributed by atoms with Crippen molar-refractivity contribution < 1.29 is 19.1 Å². The van der Waals surface area contributed by atoms with Crippen LogP contribution in [0.2, 0.25) is 0 Å². The number of hydrogen-bond donors (Lipinski definition) is 2. The van der Waals surface area contributed by atoms with Gasteiger partial charge >= 0.3 is 12.0 Å². The van der Waals surface area contributed by atoms with E-state index in [0.717, 1.165) is 49.6 Å². The molecular weight excluding hydrogens is 432 g/mol. The average molecular weight is 465 g/mol. The van der Waals surface area contributed by atoms with Crippen molar-refractivity contribution in [2.75, 3.05) is 51.8 Å². The van der Waals surface area contributed by atoms with Crippen LogP contribution in [0.3, 0.4) is 0 Å². The average Bonchev–Trinajstić information content (AvgIpc) is 2.88. The summed E-state index contributed by atoms with van der Waals surface area (Å²) in [4.78, 5) is 29.9. The molecule has 2 aliphatic heterocycles. The lowest BCUT2D eigenvalue weighted by atomic mass is 9.94. The fraction of sp³-hybridized carbons (Fsp3) is 0.385. The zero-order chi connectivity index (χ0) is 24.1. The van der Waals surface area contributed by atoms with Gasteiger partial charge in [0.25, 0.3) is 0 Å². The van der Waals surface area contributed by atoms with Crippen molar-refractivity contribution in [1.82, 2.24) is 15.5 Å². The summed E-state index contributed by atoms with van der Waals surface area (Å²) in [5, 5.41) is 5.76. The van der Waals surface area contributed by atoms with Crippen LogP contribution in [-0.2, 0) is 16.0 Å². The second-order valence-corrected chi connectivity index (χ2v) is 8.48. The van der Waals surface area contributed by atoms with Crippen LogP contribution >= 0.6 is 0 Å². The first kappa shape index (κ1) is 23.6. The molecule has 2 aromatic carbocycles. The third-order valence-electron chi connectivity index (χ3n) is 6.45. The summed E-state index contributed by atoms with van der Waals surface area (Å²) in [5.41, 5.74) is 4.21. The van der Waals surface area contributed by atoms with Gasteiger partial charge in [0, 0.05) is 50.2 Å². The van der Waals surface area contributed by atoms with Crippen LogP contribution in [0.5, 0.6) is 5.75 Å². The van der Waals surface area contributed by atoms with Crippen LogP contribution < -0.4 is 20.3 Å². The van der Waals surface area contributed by atoms with Crippen LogP contribution in [0.4, 0.5) is 10.5 Å². The second kappa shape index (κ2) is 10.6. The van der Waals surface area contributed by atoms with E-state index in [2.05, 4.69) is 33.4 Å². The molecule has 2 aliphatic rings. The van der Waals surface area contributed by atoms with Crippen LogP contribution in [0, 0.1) is 0 Å². The summed E-state index contributed by atoms with van der Waals surface area (Å²) in [6, 6.07) is 15.1. The van der Waals surface area contributed by atoms with Gasteiger partial charge in [-0.3, -0.25) is 4.90 Å². The zero-order valence-corrected chi connectivity index (χ0v) is 20.0. The number of carbonyl (C=O) groups is 2. The van der Waals surface area contributed by atoms with Crippen molar-refractivity contribution in [3.05, 3.63) is 70.9 Å². The van der Waals surface area contributed by atoms with Gasteiger partial charge in [-0.2, -0.15) is 0 Å². The van der Waals surface area contributed by atoms with E-state index in [0.29, 0.717) is 17.8 Å². The van der Waals surface area contributed by atoms with Crippen molar-refractivity contribution in [1.29, 1.82) is 0 Å². The molecule has 180 valence electrons. The predicted octanol–water partition coefficient (Wildman–Crippen LogP) is 2.86. The number of rotatable bonds is 7. The highest BCUT2D eigenvalue weighted by molar-refractivity contribution is 5.95. The van der Waals surface area contributed by atoms with Gasteiger partial charge in [-0.1, -0.05) is 37.3 Å². The Morgan fingerprint density at radius 3 is 2.44 bits per heavy atom. The van der Waals surface area contributed by atoms with Gasteiger partial charge in [0.2, 0.25) is 0 Å². The summed E-state index contributed by atoms with van der Waals surface area (Å²) in [6.45, 7) is 5.83. The van der Waals surface area contributed by atoms with E-state index in [-0.39, 0.29) is 6.03 Å². The maximum atomic E-state index is 12.8. The minimum atomic E-state index is -0.555. The molecule has 0 spiro atoms. The molecule has 0 bridgehead atoms. The van der Waals surface area contributed by atoms with Crippen molar-refractivity contribution in [2.24, 2.45) is 0 Å². The molecule has 2 amide bonds. The monoisotopic (exact) mass is 464 g/mol. The molecule has 2 N–H and O–H groups in total. The molecule has 1 fully saturated rings. The molecule has 0 saturated carbocycles. The maximum absolute atomic E-state index is 12.8. The molecule has 8 nitrogen and oxygen atoms in total. The Balaban J connectivity index is 1.52. The van der Waals surface area contributed by atoms with Crippen LogP contribution in [0.1, 0.15) is 24.1 Å². The molecule has 0 aromatic heterocycles. The van der Waals surface area contributed by atoms with E-state index < -0.39 is 12.0 Å². The normalized spacial score (nSPS) is 18.9. The Morgan fingerprint density at radius 2 is 1.79 bits per heavy atom. The first-order valence-electron chi connectivity index (χ1n) is 11.6. The lowest BCUT2D eigenvalue weighted by Gasteiger charge is -2.38. The highest BCUT2D eigenvalue weighted by atomic mass is 16.5. The lowest BCUT2D eigenvalue weighted by Crippen LogP contribution is -2.51. The largest absolute Gasteiger partial charge is 0.497 e. The van der Waals surface area contributed by atoms with E-state index in [4.69, 9.17) is 9.47 Å². The Morgan fingerprint density at radius 1 is 1.06 bits per heavy atom. The quantitative estimate of drug-likeness (QED) is 0.614. The number of methoxy groups -OCH3 is 2. The van der Waals surface area contributed by atoms with Gasteiger partial charge in [-0.15, -0.1) is 0 Å². The summed E-state index contributed by atoms with van der Waals surface area (Å²) in [6.07, 6.45) is 0.922. The van der Waals surface area contributed by atoms with Crippen LogP contribution in [-0.4, -0.2) is 63.8 Å². The third kappa shape index (κ3) is 5.17. The van der Waals surface area contributed by atoms with Crippen molar-refractivity contribution in [2.45, 2.75) is 19.4 Å². The number of nitrogens with zero attached hydrogens (tertiary/aromatic N) is 2. The Hall–Kier alpha value is -3.52. The number of carbonyl (C=O) groups excluding carboxylic acids is 2. The summed E-state index contributed by atoms with van der Waals surface area (Å²) in [7, 11) is 3.04. The number of amides is 2. The molecular formula is C26H32N4O4. The zero-order valence-electron chi connectivity index (χ0n) is 20.0. The molecule has 0 aliphatic carbocycles. The number of hydrogen-bond acceptors (Lipinski definition) is 6. The molecule has 1 saturated heterocycles. The van der Waals surface area contributed by atoms with Gasteiger partial charge < -0.3 is 25.0 Å². The molecule has 1 unspecified atom stereocenters. The van der Waals surface area contributed by atoms with Crippen molar-refractivity contribution in [3.63, 3.8) is 0 Å². The number of urea groups is 1. The van der Waals surface area contributed by atoms with Gasteiger partial charge in [0.05, 0.1) is 25.8 Å². The Bertz CT molecular complexity index is 1060. The number of ether oxygens (including phenoxy) is 2. The van der Waals surface area contributed by atoms with E-state index in [1.807, 2.05) is 42.5 Å². The smallest absolute Gasteiger partial charge is 0.338 e. The first-order chi connectivity index (χ1) is 16.5. The number of nitrogens with one attached hydrogen (secondary N) is 2. The molecule has 0 radical (unpaired) electrons. The number of aryl methyl sites for hydroxylation is 1. The van der Waals surface area contributed by atoms with Crippen molar-refractivity contribution in [3.8, 4) is 5.75 Å². The molecule has 2 aromatic rings. The standard InChI is InChI=1S/C26H32N4O4/c1-4-18-8-10-19(11-9-18)24-23(25(31)34-3)22(27-26(32)28-24)17-29-12-14-30(15-13-29)20-6-5-7-21(16-20)33-2/h5-11,16,24H,4,12-15,17H2,1-3H3,(H2,27,28,32). The molecule has 8 heteroatoms. The van der Waals surface area contributed by atoms with Gasteiger partial charge in [0.15, 0.2) is 0 Å². The summed E-state index contributed by atoms with van der Waals surface area (Å²) in [5.74, 6) is 0.394. The number of benzene rings is 2. The van der Waals surface area contributed by atoms with Crippen LogP contribution in [0.25, 0.3) is 0 Å². The second-order valence-electron chi connectivity index (χ2n) is 8.48. The Kier molecular flexibility index (Phi) is 7.37. The number of anilines is 1. The van der Waals surface area contributed by atoms with E-state index >= 15 is 0 Å². The maximum Gasteiger partial charge on any atom is 0.338 e. The third-order valence-corrected chi connectivity index (χ3v) is 6.45. The fourth-order valence-electron chi connectivity index (χ4n) is 4.48. The molecule has 34 heavy (non-hydrogen) atoms. The van der Waals surface area contributed by atoms with Gasteiger partial charge in [0.1, 0.15) is 5.75 Å². The molecule has 4 rings (SSSR count). The van der Waals surface area contributed by atoms with Gasteiger partial charge in [-0.05, 0) is 29.7 Å². The SMILES string of the molecule is CCc1ccc(C2NC(=O)NC(CN3CCN(c4cccc(OC)c4)CC3)=C2C(=O)OC)cc1. The van der Waals surface area contributed by atoms with Crippen LogP contribution in [0.15, 0.2) is 59.8 Å². The van der Waals surface area contributed by atoms with Crippen molar-refractivity contribution >= 4 is 17.7 Å². The number of piperazine rings is 1. The minimum Gasteiger partial charge on any atom is -0.497 e. The Labute approximate surface area is 200 Å². The summed E-state index contributed by atoms with van der Waals surface area (Å²) < 4.78 is 10.5. The highest BCUT2D eigenvalue weighted by Crippen LogP contribution is 2.29. The fourth-order valence-corrected chi connectivity index (χ4v) is 4.48. The lowest BCUT2D eigenvalue weighted by molar-refractivity contribution is -0.136. The molecule has 1 atom stereocenters. The van der Waals surface area contributed by atoms with E-state index in [9.17, 15) is 9.59 Å². The highest BCUT2D eigenvalue weighted by Gasteiger charge is 2.34.